The average Bonchev–Trinajstić information content (AvgIpc) is 2.84. The van der Waals surface area contributed by atoms with Gasteiger partial charge >= 0.3 is 12.0 Å². The first kappa shape index (κ1) is 28.0. The Morgan fingerprint density at radius 1 is 1.08 bits per heavy atom. The molecule has 2 heterocycles. The minimum Gasteiger partial charge on any atom is -0.490 e. The molecule has 2 saturated heterocycles. The Labute approximate surface area is 217 Å². The van der Waals surface area contributed by atoms with Gasteiger partial charge in [-0.05, 0) is 62.3 Å². The molecule has 12 heteroatoms. The highest BCUT2D eigenvalue weighted by Crippen LogP contribution is 2.40. The molecule has 0 atom stereocenters. The lowest BCUT2D eigenvalue weighted by molar-refractivity contribution is 0.0696. The van der Waals surface area contributed by atoms with E-state index >= 15 is 0 Å². The minimum absolute atomic E-state index is 0. The molecule has 2 amide bonds. The number of carbonyl (C=O) groups excluding carboxylic acids is 1. The maximum Gasteiger partial charge on any atom is 0.335 e. The highest BCUT2D eigenvalue weighted by atomic mass is 35.5. The molecule has 198 valence electrons. The van der Waals surface area contributed by atoms with Gasteiger partial charge in [0.2, 0.25) is 0 Å². The molecular formula is C24H31ClFN3O6S. The van der Waals surface area contributed by atoms with Crippen LogP contribution in [0.3, 0.4) is 0 Å². The third-order valence-corrected chi connectivity index (χ3v) is 7.92. The molecule has 2 fully saturated rings. The number of halogens is 2. The van der Waals surface area contributed by atoms with Gasteiger partial charge in [-0.3, -0.25) is 14.0 Å². The number of hydrogen-bond acceptors (Lipinski definition) is 6. The second-order valence-electron chi connectivity index (χ2n) is 8.74. The lowest BCUT2D eigenvalue weighted by atomic mass is 10.1. The van der Waals surface area contributed by atoms with Crippen LogP contribution in [0.25, 0.3) is 0 Å². The summed E-state index contributed by atoms with van der Waals surface area (Å²) in [7, 11) is -2.69. The number of anilines is 1. The van der Waals surface area contributed by atoms with Gasteiger partial charge in [0.1, 0.15) is 17.7 Å². The van der Waals surface area contributed by atoms with Crippen LogP contribution in [0, 0.1) is 5.82 Å². The minimum atomic E-state index is -2.69. The molecule has 2 aliphatic rings. The number of ether oxygens (including phenoxy) is 1. The van der Waals surface area contributed by atoms with Crippen molar-refractivity contribution in [2.75, 3.05) is 42.6 Å². The Kier molecular flexibility index (Phi) is 9.42. The van der Waals surface area contributed by atoms with Crippen molar-refractivity contribution >= 4 is 40.7 Å². The van der Waals surface area contributed by atoms with Gasteiger partial charge in [-0.25, -0.2) is 14.0 Å². The molecule has 2 aliphatic heterocycles. The molecule has 0 bridgehead atoms. The molecule has 4 rings (SSSR count). The zero-order chi connectivity index (χ0) is 25.0. The molecule has 4 N–H and O–H groups in total. The summed E-state index contributed by atoms with van der Waals surface area (Å²) in [4.78, 5) is 27.5. The summed E-state index contributed by atoms with van der Waals surface area (Å²) in [5, 5.41) is 12.4. The van der Waals surface area contributed by atoms with Gasteiger partial charge in [-0.1, -0.05) is 6.07 Å². The van der Waals surface area contributed by atoms with E-state index in [1.165, 1.54) is 21.9 Å². The van der Waals surface area contributed by atoms with Crippen LogP contribution in [0.15, 0.2) is 42.5 Å². The standard InChI is InChI=1S/C24H30FN3O6S.ClH/c25-22-15-17(23(29)30)1-2-18(22)16-28(24(31)27-11-13-35(32,33)14-12-27)19-3-5-20(6-4-19)34-21-7-9-26-10-8-21;/h1-6,15,21,26,32-33H,7-14,16H2,(H,29,30);1H. The highest BCUT2D eigenvalue weighted by molar-refractivity contribution is 8.24. The first-order chi connectivity index (χ1) is 16.7. The largest absolute Gasteiger partial charge is 0.490 e. The summed E-state index contributed by atoms with van der Waals surface area (Å²) >= 11 is 0. The van der Waals surface area contributed by atoms with Crippen molar-refractivity contribution in [3.8, 4) is 5.75 Å². The number of amides is 2. The van der Waals surface area contributed by atoms with E-state index in [4.69, 9.17) is 9.84 Å². The van der Waals surface area contributed by atoms with E-state index in [1.54, 1.807) is 24.3 Å². The number of aromatic carboxylic acids is 1. The molecule has 0 saturated carbocycles. The van der Waals surface area contributed by atoms with E-state index in [-0.39, 0.29) is 60.8 Å². The van der Waals surface area contributed by atoms with Crippen molar-refractivity contribution in [2.24, 2.45) is 0 Å². The van der Waals surface area contributed by atoms with Crippen LogP contribution in [0.1, 0.15) is 28.8 Å². The van der Waals surface area contributed by atoms with Gasteiger partial charge in [0, 0.05) is 24.3 Å². The number of carbonyl (C=O) groups is 2. The van der Waals surface area contributed by atoms with E-state index in [1.807, 2.05) is 0 Å². The predicted octanol–water partition coefficient (Wildman–Crippen LogP) is 4.27. The quantitative estimate of drug-likeness (QED) is 0.429. The topological polar surface area (TPSA) is 123 Å². The molecular weight excluding hydrogens is 513 g/mol. The van der Waals surface area contributed by atoms with E-state index in [2.05, 4.69) is 5.32 Å². The van der Waals surface area contributed by atoms with Crippen LogP contribution < -0.4 is 15.0 Å². The summed E-state index contributed by atoms with van der Waals surface area (Å²) in [6, 6.07) is 10.2. The second-order valence-corrected chi connectivity index (χ2v) is 11.2. The molecule has 0 aliphatic carbocycles. The van der Waals surface area contributed by atoms with Crippen molar-refractivity contribution in [2.45, 2.75) is 25.5 Å². The highest BCUT2D eigenvalue weighted by Gasteiger charge is 2.30. The van der Waals surface area contributed by atoms with Gasteiger partial charge in [-0.15, -0.1) is 12.4 Å². The Balaban J connectivity index is 0.00000361. The maximum absolute atomic E-state index is 14.7. The zero-order valence-electron chi connectivity index (χ0n) is 19.6. The summed E-state index contributed by atoms with van der Waals surface area (Å²) in [5.41, 5.74) is 0.510. The first-order valence-corrected chi connectivity index (χ1v) is 13.4. The van der Waals surface area contributed by atoms with Crippen molar-refractivity contribution in [1.29, 1.82) is 0 Å². The van der Waals surface area contributed by atoms with E-state index in [0.29, 0.717) is 11.4 Å². The molecule has 2 aromatic carbocycles. The molecule has 2 aromatic rings. The summed E-state index contributed by atoms with van der Waals surface area (Å²) in [5.74, 6) is -1.09. The lowest BCUT2D eigenvalue weighted by Gasteiger charge is -2.42. The predicted molar refractivity (Wildman–Crippen MR) is 139 cm³/mol. The summed E-state index contributed by atoms with van der Waals surface area (Å²) < 4.78 is 40.6. The van der Waals surface area contributed by atoms with E-state index in [0.717, 1.165) is 32.0 Å². The van der Waals surface area contributed by atoms with Crippen molar-refractivity contribution < 1.29 is 32.9 Å². The fourth-order valence-corrected chi connectivity index (χ4v) is 5.38. The number of nitrogens with zero attached hydrogens (tertiary/aromatic N) is 2. The van der Waals surface area contributed by atoms with Crippen molar-refractivity contribution in [3.63, 3.8) is 0 Å². The summed E-state index contributed by atoms with van der Waals surface area (Å²) in [6.45, 7) is 2.03. The number of piperidine rings is 1. The lowest BCUT2D eigenvalue weighted by Crippen LogP contribution is -2.48. The Morgan fingerprint density at radius 3 is 2.31 bits per heavy atom. The van der Waals surface area contributed by atoms with E-state index in [9.17, 15) is 23.1 Å². The Bertz CT molecular complexity index is 1060. The summed E-state index contributed by atoms with van der Waals surface area (Å²) in [6.07, 6.45) is 1.94. The normalized spacial score (nSPS) is 18.6. The van der Waals surface area contributed by atoms with Crippen molar-refractivity contribution in [1.82, 2.24) is 10.2 Å². The fourth-order valence-electron chi connectivity index (χ4n) is 4.15. The first-order valence-electron chi connectivity index (χ1n) is 11.5. The molecule has 0 aromatic heterocycles. The molecule has 9 nitrogen and oxygen atoms in total. The molecule has 36 heavy (non-hydrogen) atoms. The third-order valence-electron chi connectivity index (χ3n) is 6.24. The molecule has 0 radical (unpaired) electrons. The number of benzene rings is 2. The number of nitrogens with one attached hydrogen (secondary N) is 1. The van der Waals surface area contributed by atoms with Crippen LogP contribution in [0.5, 0.6) is 5.75 Å². The van der Waals surface area contributed by atoms with Gasteiger partial charge < -0.3 is 20.1 Å². The SMILES string of the molecule is Cl.O=C(O)c1ccc(CN(C(=O)N2CCS(O)(O)CC2)c2ccc(OC3CCNCC3)cc2)c(F)c1. The monoisotopic (exact) mass is 543 g/mol. The number of carboxylic acid groups (broad SMARTS) is 1. The van der Waals surface area contributed by atoms with Gasteiger partial charge in [0.05, 0.1) is 23.6 Å². The van der Waals surface area contributed by atoms with E-state index < -0.39 is 28.4 Å². The number of carboxylic acids is 1. The number of rotatable bonds is 6. The average molecular weight is 544 g/mol. The van der Waals surface area contributed by atoms with Crippen LogP contribution in [0.4, 0.5) is 14.9 Å². The van der Waals surface area contributed by atoms with Crippen LogP contribution >= 0.6 is 23.0 Å². The molecule has 0 spiro atoms. The number of hydrogen-bond donors (Lipinski definition) is 4. The zero-order valence-corrected chi connectivity index (χ0v) is 21.3. The van der Waals surface area contributed by atoms with Gasteiger partial charge in [-0.2, -0.15) is 10.6 Å². The molecule has 0 unspecified atom stereocenters. The van der Waals surface area contributed by atoms with Gasteiger partial charge in [0.15, 0.2) is 0 Å². The van der Waals surface area contributed by atoms with Crippen molar-refractivity contribution in [3.05, 3.63) is 59.4 Å². The van der Waals surface area contributed by atoms with Crippen LogP contribution in [-0.4, -0.2) is 74.9 Å². The second kappa shape index (κ2) is 12.1. The van der Waals surface area contributed by atoms with Crippen LogP contribution in [0.2, 0.25) is 0 Å². The van der Waals surface area contributed by atoms with Gasteiger partial charge in [0.25, 0.3) is 0 Å². The fraction of sp³-hybridized carbons (Fsp3) is 0.417. The maximum atomic E-state index is 14.7. The number of urea groups is 1. The van der Waals surface area contributed by atoms with Crippen LogP contribution in [-0.2, 0) is 6.54 Å². The smallest absolute Gasteiger partial charge is 0.335 e. The Morgan fingerprint density at radius 2 is 1.72 bits per heavy atom. The third kappa shape index (κ3) is 7.01. The Hall–Kier alpha value is -2.57.